The Morgan fingerprint density at radius 3 is 2.31 bits per heavy atom. The average molecular weight is 425 g/mol. The van der Waals surface area contributed by atoms with Crippen LogP contribution in [-0.4, -0.2) is 33.2 Å². The average Bonchev–Trinajstić information content (AvgIpc) is 2.46. The van der Waals surface area contributed by atoms with E-state index in [0.717, 1.165) is 4.47 Å². The normalized spacial score (nSPS) is 10.4. The van der Waals surface area contributed by atoms with Gasteiger partial charge in [-0.05, 0) is 23.6 Å². The molecule has 2 N–H and O–H groups in total. The van der Waals surface area contributed by atoms with E-state index in [2.05, 4.69) is 20.7 Å². The first-order valence-corrected chi connectivity index (χ1v) is 8.18. The van der Waals surface area contributed by atoms with Crippen molar-refractivity contribution < 1.29 is 29.0 Å². The lowest BCUT2D eigenvalue weighted by Crippen LogP contribution is -2.20. The molecule has 138 valence electrons. The van der Waals surface area contributed by atoms with Crippen LogP contribution < -0.4 is 5.63 Å². The second kappa shape index (κ2) is 9.07. The molecule has 0 saturated carbocycles. The van der Waals surface area contributed by atoms with E-state index in [9.17, 15) is 14.4 Å². The maximum absolute atomic E-state index is 11.1. The molecule has 1 aromatic heterocycles. The molecule has 0 fully saturated rings. The summed E-state index contributed by atoms with van der Waals surface area (Å²) in [4.78, 5) is 34.5. The van der Waals surface area contributed by atoms with E-state index in [1.165, 1.54) is 12.3 Å². The van der Waals surface area contributed by atoms with Crippen molar-refractivity contribution in [2.24, 2.45) is 5.41 Å². The van der Waals surface area contributed by atoms with Gasteiger partial charge in [-0.3, -0.25) is 9.59 Å². The van der Waals surface area contributed by atoms with Crippen LogP contribution in [0.4, 0.5) is 0 Å². The number of rotatable bonds is 5. The summed E-state index contributed by atoms with van der Waals surface area (Å²) >= 11 is 3.31. The number of carbonyl (C=O) groups is 2. The van der Waals surface area contributed by atoms with Crippen molar-refractivity contribution in [3.8, 4) is 0 Å². The van der Waals surface area contributed by atoms with Crippen LogP contribution in [0.15, 0.2) is 37.9 Å². The van der Waals surface area contributed by atoms with Crippen molar-refractivity contribution in [1.29, 1.82) is 0 Å². The van der Waals surface area contributed by atoms with Crippen LogP contribution in [0.3, 0.4) is 0 Å². The molecule has 0 aliphatic carbocycles. The van der Waals surface area contributed by atoms with Crippen molar-refractivity contribution in [2.75, 3.05) is 0 Å². The van der Waals surface area contributed by atoms with Crippen molar-refractivity contribution in [1.82, 2.24) is 0 Å². The molecule has 0 saturated heterocycles. The summed E-state index contributed by atoms with van der Waals surface area (Å²) in [7, 11) is 0. The molecule has 2 aromatic rings. The number of halogens is 1. The molecule has 8 nitrogen and oxygen atoms in total. The number of carboxylic acid groups (broad SMARTS) is 2. The van der Waals surface area contributed by atoms with Crippen molar-refractivity contribution in [3.63, 3.8) is 0 Å². The van der Waals surface area contributed by atoms with Crippen LogP contribution in [0.5, 0.6) is 0 Å². The minimum absolute atomic E-state index is 0.112. The molecular weight excluding hydrogens is 408 g/mol. The summed E-state index contributed by atoms with van der Waals surface area (Å²) in [5, 5.41) is 17.4. The Kier molecular flexibility index (Phi) is 7.42. The van der Waals surface area contributed by atoms with E-state index in [0.29, 0.717) is 16.5 Å². The molecule has 1 aromatic carbocycles. The van der Waals surface area contributed by atoms with Crippen LogP contribution >= 0.6 is 15.9 Å². The molecule has 26 heavy (non-hydrogen) atoms. The predicted octanol–water partition coefficient (Wildman–Crippen LogP) is 3.17. The molecular formula is C17H17BrN2O6. The van der Waals surface area contributed by atoms with Crippen LogP contribution in [-0.2, 0) is 9.59 Å². The van der Waals surface area contributed by atoms with E-state index in [-0.39, 0.29) is 12.8 Å². The molecule has 0 unspecified atom stereocenters. The number of hydrogen-bond donors (Lipinski definition) is 2. The molecule has 0 atom stereocenters. The Morgan fingerprint density at radius 1 is 1.23 bits per heavy atom. The van der Waals surface area contributed by atoms with Crippen molar-refractivity contribution in [2.45, 2.75) is 26.7 Å². The van der Waals surface area contributed by atoms with Crippen LogP contribution in [0, 0.1) is 5.41 Å². The Bertz CT molecular complexity index is 910. The summed E-state index contributed by atoms with van der Waals surface area (Å²) in [5.74, 6) is -1.92. The first kappa shape index (κ1) is 21.3. The van der Waals surface area contributed by atoms with Crippen LogP contribution in [0.25, 0.3) is 16.5 Å². The summed E-state index contributed by atoms with van der Waals surface area (Å²) < 4.78 is 5.84. The van der Waals surface area contributed by atoms with Gasteiger partial charge >= 0.3 is 17.6 Å². The van der Waals surface area contributed by atoms with Gasteiger partial charge in [0.25, 0.3) is 6.21 Å². The fourth-order valence-corrected chi connectivity index (χ4v) is 2.57. The highest BCUT2D eigenvalue weighted by molar-refractivity contribution is 9.10. The Hall–Kier alpha value is -2.77. The summed E-state index contributed by atoms with van der Waals surface area (Å²) in [6.45, 7) is 3.24. The molecule has 0 radical (unpaired) electrons. The third-order valence-electron chi connectivity index (χ3n) is 3.19. The van der Waals surface area contributed by atoms with Gasteiger partial charge in [0.05, 0.1) is 18.4 Å². The van der Waals surface area contributed by atoms with E-state index < -0.39 is 23.0 Å². The zero-order valence-corrected chi connectivity index (χ0v) is 15.7. The van der Waals surface area contributed by atoms with E-state index in [4.69, 9.17) is 20.2 Å². The molecule has 0 aliphatic rings. The van der Waals surface area contributed by atoms with Gasteiger partial charge in [-0.2, -0.15) is 4.79 Å². The second-order valence-corrected chi connectivity index (χ2v) is 7.13. The number of carboxylic acids is 2. The maximum atomic E-state index is 11.1. The molecule has 0 spiro atoms. The SMILES string of the molecule is CC(C)(CC(=O)O)CC(=O)O.[N-]=[N+]=Cc1cc(=O)oc2ccc(Br)cc12. The highest BCUT2D eigenvalue weighted by Crippen LogP contribution is 2.24. The molecule has 0 aliphatic heterocycles. The van der Waals surface area contributed by atoms with Gasteiger partial charge in [-0.1, -0.05) is 29.8 Å². The van der Waals surface area contributed by atoms with Crippen LogP contribution in [0.1, 0.15) is 32.3 Å². The van der Waals surface area contributed by atoms with Gasteiger partial charge in [0.15, 0.2) is 0 Å². The van der Waals surface area contributed by atoms with Crippen molar-refractivity contribution >= 4 is 45.1 Å². The topological polar surface area (TPSA) is 141 Å². The number of hydrogen-bond acceptors (Lipinski definition) is 4. The summed E-state index contributed by atoms with van der Waals surface area (Å²) in [6, 6.07) is 6.50. The molecule has 0 bridgehead atoms. The van der Waals surface area contributed by atoms with Crippen LogP contribution in [0.2, 0.25) is 0 Å². The van der Waals surface area contributed by atoms with Crippen molar-refractivity contribution in [3.05, 3.63) is 50.3 Å². The van der Waals surface area contributed by atoms with Gasteiger partial charge in [-0.25, -0.2) is 4.79 Å². The fraction of sp³-hybridized carbons (Fsp3) is 0.294. The smallest absolute Gasteiger partial charge is 0.337 e. The largest absolute Gasteiger partial charge is 0.481 e. The standard InChI is InChI=1S/C10H5BrN2O2.C7H12O4/c11-7-1-2-9-8(4-7)6(5-13-12)3-10(14)15-9;1-7(2,3-5(8)9)4-6(10)11/h1-5H;3-4H2,1-2H3,(H,8,9)(H,10,11). The van der Waals surface area contributed by atoms with Gasteiger partial charge in [-0.15, -0.1) is 0 Å². The Balaban J connectivity index is 0.000000276. The number of aliphatic carboxylic acids is 2. The monoisotopic (exact) mass is 424 g/mol. The van der Waals surface area contributed by atoms with Gasteiger partial charge < -0.3 is 20.2 Å². The minimum atomic E-state index is -0.962. The summed E-state index contributed by atoms with van der Waals surface area (Å²) in [5.41, 5.74) is 8.31. The van der Waals surface area contributed by atoms with E-state index >= 15 is 0 Å². The lowest BCUT2D eigenvalue weighted by Gasteiger charge is -2.18. The zero-order chi connectivity index (χ0) is 19.9. The predicted molar refractivity (Wildman–Crippen MR) is 97.3 cm³/mol. The Labute approximate surface area is 156 Å². The van der Waals surface area contributed by atoms with E-state index in [1.54, 1.807) is 32.0 Å². The van der Waals surface area contributed by atoms with Gasteiger partial charge in [0.2, 0.25) is 0 Å². The molecule has 2 rings (SSSR count). The number of fused-ring (bicyclic) bond motifs is 1. The summed E-state index contributed by atoms with van der Waals surface area (Å²) in [6.07, 6.45) is 0.976. The molecule has 0 amide bonds. The lowest BCUT2D eigenvalue weighted by atomic mass is 9.86. The number of nitrogens with zero attached hydrogens (tertiary/aromatic N) is 2. The number of benzene rings is 1. The third-order valence-corrected chi connectivity index (χ3v) is 3.69. The molecule has 9 heteroatoms. The third kappa shape index (κ3) is 7.00. The second-order valence-electron chi connectivity index (χ2n) is 6.21. The highest BCUT2D eigenvalue weighted by atomic mass is 79.9. The first-order chi connectivity index (χ1) is 12.0. The van der Waals surface area contributed by atoms with E-state index in [1.807, 2.05) is 0 Å². The lowest BCUT2D eigenvalue weighted by molar-refractivity contribution is -0.142. The maximum Gasteiger partial charge on any atom is 0.337 e. The zero-order valence-electron chi connectivity index (χ0n) is 14.1. The van der Waals surface area contributed by atoms with Gasteiger partial charge in [0.1, 0.15) is 5.58 Å². The Morgan fingerprint density at radius 2 is 1.81 bits per heavy atom. The minimum Gasteiger partial charge on any atom is -0.481 e. The first-order valence-electron chi connectivity index (χ1n) is 7.38. The van der Waals surface area contributed by atoms with Gasteiger partial charge in [0, 0.05) is 15.9 Å². The molecule has 1 heterocycles. The fourth-order valence-electron chi connectivity index (χ4n) is 2.21. The highest BCUT2D eigenvalue weighted by Gasteiger charge is 2.24. The quantitative estimate of drug-likeness (QED) is 0.326.